The third-order valence-electron chi connectivity index (χ3n) is 2.99. The van der Waals surface area contributed by atoms with Crippen molar-refractivity contribution < 1.29 is 9.53 Å². The molecular formula is C14H17N3O2. The molecule has 1 saturated carbocycles. The van der Waals surface area contributed by atoms with Crippen molar-refractivity contribution in [1.29, 1.82) is 0 Å². The van der Waals surface area contributed by atoms with Gasteiger partial charge in [0.15, 0.2) is 0 Å². The Bertz CT molecular complexity index is 518. The molecule has 2 rings (SSSR count). The zero-order valence-corrected chi connectivity index (χ0v) is 10.8. The summed E-state index contributed by atoms with van der Waals surface area (Å²) in [4.78, 5) is 10.7. The number of hydrogen-bond donors (Lipinski definition) is 2. The summed E-state index contributed by atoms with van der Waals surface area (Å²) < 4.78 is 5.12. The standard InChI is InChI=1S/C14H17N3O2/c1-19-12-7-5-10(6-8-12)9-11-3-2-4-13(11)16-17-14(15)18/h5-9H,2-4H2,1H3,(H3,15,17,18)/b11-9-,16-13+. The van der Waals surface area contributed by atoms with Gasteiger partial charge < -0.3 is 10.5 Å². The number of benzene rings is 1. The lowest BCUT2D eigenvalue weighted by atomic mass is 10.1. The molecule has 100 valence electrons. The van der Waals surface area contributed by atoms with Crippen LogP contribution in [0.1, 0.15) is 24.8 Å². The Balaban J connectivity index is 2.16. The average molecular weight is 259 g/mol. The van der Waals surface area contributed by atoms with Crippen LogP contribution in [0.15, 0.2) is 34.9 Å². The topological polar surface area (TPSA) is 76.7 Å². The second-order valence-corrected chi connectivity index (χ2v) is 4.33. The lowest BCUT2D eigenvalue weighted by molar-refractivity contribution is 0.249. The number of ether oxygens (including phenoxy) is 1. The molecule has 0 saturated heterocycles. The molecule has 0 heterocycles. The van der Waals surface area contributed by atoms with E-state index in [0.29, 0.717) is 0 Å². The molecule has 0 unspecified atom stereocenters. The molecule has 0 spiro atoms. The lowest BCUT2D eigenvalue weighted by Crippen LogP contribution is -2.25. The molecule has 1 aromatic carbocycles. The van der Waals surface area contributed by atoms with Crippen LogP contribution in [0.2, 0.25) is 0 Å². The van der Waals surface area contributed by atoms with Crippen molar-refractivity contribution in [3.63, 3.8) is 0 Å². The minimum atomic E-state index is -0.636. The fourth-order valence-electron chi connectivity index (χ4n) is 2.06. The molecular weight excluding hydrogens is 242 g/mol. The van der Waals surface area contributed by atoms with Crippen LogP contribution in [0.4, 0.5) is 4.79 Å². The Kier molecular flexibility index (Phi) is 4.18. The van der Waals surface area contributed by atoms with E-state index in [9.17, 15) is 4.79 Å². The smallest absolute Gasteiger partial charge is 0.332 e. The Morgan fingerprint density at radius 3 is 2.74 bits per heavy atom. The number of nitrogens with two attached hydrogens (primary N) is 1. The van der Waals surface area contributed by atoms with Gasteiger partial charge in [0.2, 0.25) is 0 Å². The summed E-state index contributed by atoms with van der Waals surface area (Å²) >= 11 is 0. The van der Waals surface area contributed by atoms with Crippen molar-refractivity contribution >= 4 is 17.8 Å². The summed E-state index contributed by atoms with van der Waals surface area (Å²) in [6.45, 7) is 0. The van der Waals surface area contributed by atoms with Crippen LogP contribution in [0, 0.1) is 0 Å². The molecule has 0 radical (unpaired) electrons. The highest BCUT2D eigenvalue weighted by Gasteiger charge is 2.15. The van der Waals surface area contributed by atoms with Crippen LogP contribution in [-0.2, 0) is 0 Å². The Labute approximate surface area is 112 Å². The Morgan fingerprint density at radius 2 is 2.11 bits per heavy atom. The van der Waals surface area contributed by atoms with Gasteiger partial charge in [-0.25, -0.2) is 10.2 Å². The fourth-order valence-corrected chi connectivity index (χ4v) is 2.06. The molecule has 0 aliphatic heterocycles. The van der Waals surface area contributed by atoms with Crippen LogP contribution >= 0.6 is 0 Å². The average Bonchev–Trinajstić information content (AvgIpc) is 2.84. The zero-order chi connectivity index (χ0) is 13.7. The van der Waals surface area contributed by atoms with Crippen molar-refractivity contribution in [1.82, 2.24) is 5.43 Å². The molecule has 5 heteroatoms. The number of rotatable bonds is 3. The number of hydrazone groups is 1. The molecule has 1 aliphatic rings. The number of allylic oxidation sites excluding steroid dienone is 1. The number of urea groups is 1. The number of primary amides is 1. The van der Waals surface area contributed by atoms with E-state index < -0.39 is 6.03 Å². The van der Waals surface area contributed by atoms with Crippen molar-refractivity contribution in [3.8, 4) is 5.75 Å². The minimum Gasteiger partial charge on any atom is -0.497 e. The molecule has 3 N–H and O–H groups in total. The van der Waals surface area contributed by atoms with Gasteiger partial charge in [-0.05, 0) is 48.6 Å². The molecule has 0 atom stereocenters. The van der Waals surface area contributed by atoms with E-state index in [1.807, 2.05) is 24.3 Å². The predicted octanol–water partition coefficient (Wildman–Crippen LogP) is 2.29. The summed E-state index contributed by atoms with van der Waals surface area (Å²) in [6.07, 6.45) is 4.95. The number of amides is 2. The fraction of sp³-hybridized carbons (Fsp3) is 0.286. The first-order chi connectivity index (χ1) is 9.19. The molecule has 19 heavy (non-hydrogen) atoms. The summed E-state index contributed by atoms with van der Waals surface area (Å²) in [5.74, 6) is 0.831. The van der Waals surface area contributed by atoms with Crippen molar-refractivity contribution in [2.45, 2.75) is 19.3 Å². The van der Waals surface area contributed by atoms with Crippen LogP contribution < -0.4 is 15.9 Å². The van der Waals surface area contributed by atoms with Gasteiger partial charge in [-0.3, -0.25) is 0 Å². The van der Waals surface area contributed by atoms with Crippen LogP contribution in [-0.4, -0.2) is 18.9 Å². The summed E-state index contributed by atoms with van der Waals surface area (Å²) in [5.41, 5.74) is 10.4. The van der Waals surface area contributed by atoms with Gasteiger partial charge in [-0.2, -0.15) is 5.10 Å². The first-order valence-electron chi connectivity index (χ1n) is 6.16. The summed E-state index contributed by atoms with van der Waals surface area (Å²) in [6, 6.07) is 7.18. The number of nitrogens with zero attached hydrogens (tertiary/aromatic N) is 1. The minimum absolute atomic E-state index is 0.636. The third-order valence-corrected chi connectivity index (χ3v) is 2.99. The van der Waals surface area contributed by atoms with E-state index in [1.165, 1.54) is 0 Å². The van der Waals surface area contributed by atoms with E-state index in [-0.39, 0.29) is 0 Å². The maximum atomic E-state index is 10.7. The highest BCUT2D eigenvalue weighted by Crippen LogP contribution is 2.24. The Hall–Kier alpha value is -2.30. The van der Waals surface area contributed by atoms with Gasteiger partial charge in [-0.1, -0.05) is 12.1 Å². The van der Waals surface area contributed by atoms with Gasteiger partial charge >= 0.3 is 6.03 Å². The van der Waals surface area contributed by atoms with Gasteiger partial charge in [-0.15, -0.1) is 0 Å². The number of nitrogens with one attached hydrogen (secondary N) is 1. The predicted molar refractivity (Wildman–Crippen MR) is 75.0 cm³/mol. The maximum absolute atomic E-state index is 10.7. The lowest BCUT2D eigenvalue weighted by Gasteiger charge is -2.02. The van der Waals surface area contributed by atoms with E-state index in [1.54, 1.807) is 7.11 Å². The second kappa shape index (κ2) is 6.04. The van der Waals surface area contributed by atoms with E-state index in [2.05, 4.69) is 16.6 Å². The normalized spacial score (nSPS) is 18.8. The van der Waals surface area contributed by atoms with Crippen LogP contribution in [0.5, 0.6) is 5.75 Å². The molecule has 5 nitrogen and oxygen atoms in total. The van der Waals surface area contributed by atoms with E-state index >= 15 is 0 Å². The number of hydrogen-bond acceptors (Lipinski definition) is 3. The second-order valence-electron chi connectivity index (χ2n) is 4.33. The quantitative estimate of drug-likeness (QED) is 0.817. The first-order valence-corrected chi connectivity index (χ1v) is 6.16. The van der Waals surface area contributed by atoms with Crippen LogP contribution in [0.25, 0.3) is 6.08 Å². The number of carbonyl (C=O) groups is 1. The molecule has 0 aromatic heterocycles. The largest absolute Gasteiger partial charge is 0.497 e. The van der Waals surface area contributed by atoms with Gasteiger partial charge in [0.1, 0.15) is 5.75 Å². The molecule has 1 aromatic rings. The van der Waals surface area contributed by atoms with Gasteiger partial charge in [0, 0.05) is 0 Å². The van der Waals surface area contributed by atoms with Crippen molar-refractivity contribution in [2.75, 3.05) is 7.11 Å². The maximum Gasteiger partial charge on any atom is 0.332 e. The highest BCUT2D eigenvalue weighted by atomic mass is 16.5. The van der Waals surface area contributed by atoms with Gasteiger partial charge in [0.05, 0.1) is 12.8 Å². The highest BCUT2D eigenvalue weighted by molar-refractivity contribution is 6.05. The monoisotopic (exact) mass is 259 g/mol. The molecule has 1 fully saturated rings. The molecule has 0 bridgehead atoms. The summed E-state index contributed by atoms with van der Waals surface area (Å²) in [5, 5.41) is 4.03. The van der Waals surface area contributed by atoms with E-state index in [4.69, 9.17) is 10.5 Å². The van der Waals surface area contributed by atoms with Gasteiger partial charge in [0.25, 0.3) is 0 Å². The first kappa shape index (κ1) is 13.1. The summed E-state index contributed by atoms with van der Waals surface area (Å²) in [7, 11) is 1.64. The Morgan fingerprint density at radius 1 is 1.37 bits per heavy atom. The molecule has 1 aliphatic carbocycles. The molecule has 2 amide bonds. The van der Waals surface area contributed by atoms with Crippen LogP contribution in [0.3, 0.4) is 0 Å². The number of carbonyl (C=O) groups excluding carboxylic acids is 1. The SMILES string of the molecule is COc1ccc(/C=C2/CCC/C2=N\NC(N)=O)cc1. The van der Waals surface area contributed by atoms with Crippen molar-refractivity contribution in [3.05, 3.63) is 35.4 Å². The van der Waals surface area contributed by atoms with E-state index in [0.717, 1.165) is 41.9 Å². The zero-order valence-electron chi connectivity index (χ0n) is 10.8. The number of methoxy groups -OCH3 is 1. The van der Waals surface area contributed by atoms with Crippen molar-refractivity contribution in [2.24, 2.45) is 10.8 Å². The third kappa shape index (κ3) is 3.58.